The van der Waals surface area contributed by atoms with Crippen molar-refractivity contribution in [2.75, 3.05) is 24.5 Å². The van der Waals surface area contributed by atoms with Crippen LogP contribution in [0.4, 0.5) is 10.5 Å². The number of amides is 1. The third kappa shape index (κ3) is 5.41. The van der Waals surface area contributed by atoms with E-state index in [0.29, 0.717) is 42.1 Å². The van der Waals surface area contributed by atoms with E-state index in [2.05, 4.69) is 16.0 Å². The van der Waals surface area contributed by atoms with Gasteiger partial charge in [-0.2, -0.15) is 5.26 Å². The highest BCUT2D eigenvalue weighted by Gasteiger charge is 2.34. The van der Waals surface area contributed by atoms with Crippen molar-refractivity contribution < 1.29 is 9.53 Å². The van der Waals surface area contributed by atoms with E-state index in [9.17, 15) is 14.9 Å². The molecule has 1 amide bonds. The third-order valence-corrected chi connectivity index (χ3v) is 7.31. The van der Waals surface area contributed by atoms with E-state index in [1.165, 1.54) is 4.57 Å². The topological polar surface area (TPSA) is 104 Å². The van der Waals surface area contributed by atoms with Crippen LogP contribution in [0, 0.1) is 18.3 Å². The number of hydrogen-bond acceptors (Lipinski definition) is 7. The number of fused-ring (bicyclic) bond motifs is 1. The Balaban J connectivity index is 1.95. The Morgan fingerprint density at radius 1 is 1.23 bits per heavy atom. The number of halogens is 2. The molecule has 0 aliphatic carbocycles. The number of aromatic nitrogens is 3. The summed E-state index contributed by atoms with van der Waals surface area (Å²) < 4.78 is 6.98. The van der Waals surface area contributed by atoms with Crippen LogP contribution in [0.5, 0.6) is 0 Å². The summed E-state index contributed by atoms with van der Waals surface area (Å²) in [5.41, 5.74) is 1.59. The van der Waals surface area contributed by atoms with E-state index in [1.807, 2.05) is 59.4 Å². The van der Waals surface area contributed by atoms with Gasteiger partial charge in [-0.15, -0.1) is 0 Å². The number of carbonyl (C=O) groups excluding carboxylic acids is 1. The molecule has 4 rings (SSSR count). The summed E-state index contributed by atoms with van der Waals surface area (Å²) in [5, 5.41) is 11.1. The predicted octanol–water partition coefficient (Wildman–Crippen LogP) is 5.84. The molecule has 206 valence electrons. The first-order valence-corrected chi connectivity index (χ1v) is 13.6. The van der Waals surface area contributed by atoms with Gasteiger partial charge in [0.1, 0.15) is 22.4 Å². The van der Waals surface area contributed by atoms with Crippen LogP contribution in [-0.4, -0.2) is 56.8 Å². The lowest BCUT2D eigenvalue weighted by molar-refractivity contribution is 0.0219. The first-order valence-electron chi connectivity index (χ1n) is 12.8. The molecule has 0 saturated carbocycles. The van der Waals surface area contributed by atoms with E-state index in [4.69, 9.17) is 27.9 Å². The lowest BCUT2D eigenvalue weighted by Crippen LogP contribution is -2.55. The first kappa shape index (κ1) is 28.7. The lowest BCUT2D eigenvalue weighted by Gasteiger charge is -2.42. The first-order chi connectivity index (χ1) is 18.2. The van der Waals surface area contributed by atoms with Gasteiger partial charge in [-0.05, 0) is 58.2 Å². The minimum Gasteiger partial charge on any atom is -0.444 e. The molecule has 1 unspecified atom stereocenters. The van der Waals surface area contributed by atoms with Crippen LogP contribution in [-0.2, 0) is 4.74 Å². The zero-order valence-corrected chi connectivity index (χ0v) is 24.7. The number of pyridine rings is 3. The molecule has 1 fully saturated rings. The van der Waals surface area contributed by atoms with Gasteiger partial charge >= 0.3 is 6.09 Å². The average Bonchev–Trinajstić information content (AvgIpc) is 2.84. The SMILES string of the molecule is Cc1ccnc(C(C)C)c1-n1c(=O)c(C#N)c(N2CCN(C(=O)OC(C)(C)C)CC2C)c2cc(Cl)c(Cl)nc21. The van der Waals surface area contributed by atoms with Gasteiger partial charge in [-0.1, -0.05) is 37.0 Å². The number of anilines is 1. The molecular formula is C28H32Cl2N6O3. The molecule has 4 heterocycles. The second-order valence-electron chi connectivity index (χ2n) is 11.1. The van der Waals surface area contributed by atoms with Crippen LogP contribution in [0.25, 0.3) is 16.7 Å². The van der Waals surface area contributed by atoms with E-state index in [1.54, 1.807) is 17.2 Å². The number of ether oxygens (including phenoxy) is 1. The molecular weight excluding hydrogens is 539 g/mol. The largest absolute Gasteiger partial charge is 0.444 e. The van der Waals surface area contributed by atoms with E-state index in [-0.39, 0.29) is 33.3 Å². The quantitative estimate of drug-likeness (QED) is 0.364. The highest BCUT2D eigenvalue weighted by atomic mass is 35.5. The molecule has 11 heteroatoms. The maximum Gasteiger partial charge on any atom is 0.410 e. The van der Waals surface area contributed by atoms with Gasteiger partial charge in [0.05, 0.1) is 22.1 Å². The monoisotopic (exact) mass is 570 g/mol. The fraction of sp³-hybridized carbons (Fsp3) is 0.464. The highest BCUT2D eigenvalue weighted by molar-refractivity contribution is 6.41. The Labute approximate surface area is 237 Å². The Kier molecular flexibility index (Phi) is 7.84. The van der Waals surface area contributed by atoms with Gasteiger partial charge in [0.2, 0.25) is 0 Å². The van der Waals surface area contributed by atoms with Crippen molar-refractivity contribution >= 4 is 46.0 Å². The molecule has 1 atom stereocenters. The Bertz CT molecular complexity index is 1550. The molecule has 0 aromatic carbocycles. The molecule has 39 heavy (non-hydrogen) atoms. The number of piperazine rings is 1. The molecule has 3 aromatic rings. The molecule has 9 nitrogen and oxygen atoms in total. The number of nitrogens with zero attached hydrogens (tertiary/aromatic N) is 6. The van der Waals surface area contributed by atoms with Gasteiger partial charge < -0.3 is 14.5 Å². The van der Waals surface area contributed by atoms with Gasteiger partial charge in [-0.3, -0.25) is 14.3 Å². The number of hydrogen-bond donors (Lipinski definition) is 0. The Morgan fingerprint density at radius 2 is 1.92 bits per heavy atom. The predicted molar refractivity (Wildman–Crippen MR) is 153 cm³/mol. The maximum absolute atomic E-state index is 14.1. The summed E-state index contributed by atoms with van der Waals surface area (Å²) in [4.78, 5) is 39.5. The van der Waals surface area contributed by atoms with E-state index < -0.39 is 17.3 Å². The fourth-order valence-electron chi connectivity index (χ4n) is 4.92. The average molecular weight is 572 g/mol. The number of nitriles is 1. The summed E-state index contributed by atoms with van der Waals surface area (Å²) in [6.07, 6.45) is 1.30. The smallest absolute Gasteiger partial charge is 0.410 e. The van der Waals surface area contributed by atoms with Crippen molar-refractivity contribution in [3.8, 4) is 11.8 Å². The summed E-state index contributed by atoms with van der Waals surface area (Å²) in [6.45, 7) is 14.3. The molecule has 0 N–H and O–H groups in total. The maximum atomic E-state index is 14.1. The van der Waals surface area contributed by atoms with Crippen LogP contribution >= 0.6 is 23.2 Å². The van der Waals surface area contributed by atoms with Crippen molar-refractivity contribution in [3.63, 3.8) is 0 Å². The Morgan fingerprint density at radius 3 is 2.51 bits per heavy atom. The molecule has 1 aliphatic heterocycles. The Hall–Kier alpha value is -3.35. The van der Waals surface area contributed by atoms with Crippen molar-refractivity contribution in [2.24, 2.45) is 0 Å². The molecule has 1 aliphatic rings. The van der Waals surface area contributed by atoms with Crippen LogP contribution in [0.2, 0.25) is 10.2 Å². The van der Waals surface area contributed by atoms with Crippen molar-refractivity contribution in [1.29, 1.82) is 5.26 Å². The van der Waals surface area contributed by atoms with Crippen LogP contribution in [0.3, 0.4) is 0 Å². The minimum absolute atomic E-state index is 0.00390. The molecule has 3 aromatic heterocycles. The van der Waals surface area contributed by atoms with Crippen molar-refractivity contribution in [1.82, 2.24) is 19.4 Å². The zero-order valence-electron chi connectivity index (χ0n) is 23.2. The van der Waals surface area contributed by atoms with Crippen molar-refractivity contribution in [3.05, 3.63) is 55.7 Å². The van der Waals surface area contributed by atoms with Crippen molar-refractivity contribution in [2.45, 2.75) is 66.0 Å². The normalized spacial score (nSPS) is 16.1. The molecule has 0 radical (unpaired) electrons. The summed E-state index contributed by atoms with van der Waals surface area (Å²) in [6, 6.07) is 5.37. The van der Waals surface area contributed by atoms with Crippen LogP contribution in [0.15, 0.2) is 23.1 Å². The molecule has 0 bridgehead atoms. The van der Waals surface area contributed by atoms with Gasteiger partial charge in [-0.25, -0.2) is 9.78 Å². The third-order valence-electron chi connectivity index (χ3n) is 6.64. The molecule has 1 saturated heterocycles. The van der Waals surface area contributed by atoms with Gasteiger partial charge in [0.15, 0.2) is 5.65 Å². The molecule has 0 spiro atoms. The van der Waals surface area contributed by atoms with Crippen LogP contribution in [0.1, 0.15) is 64.3 Å². The summed E-state index contributed by atoms with van der Waals surface area (Å²) >= 11 is 12.8. The lowest BCUT2D eigenvalue weighted by atomic mass is 10.0. The summed E-state index contributed by atoms with van der Waals surface area (Å²) in [7, 11) is 0. The minimum atomic E-state index is -0.618. The summed E-state index contributed by atoms with van der Waals surface area (Å²) in [5.74, 6) is -0.00390. The second kappa shape index (κ2) is 10.7. The van der Waals surface area contributed by atoms with E-state index in [0.717, 1.165) is 5.56 Å². The highest BCUT2D eigenvalue weighted by Crippen LogP contribution is 2.36. The number of aryl methyl sites for hydroxylation is 1. The standard InChI is InChI=1S/C28H32Cl2N6O3/c1-15(2)21-22(16(3)8-9-32-21)36-25-18(12-20(29)24(30)33-25)23(19(13-31)26(36)37)35-11-10-34(14-17(35)4)27(38)39-28(5,6)7/h8-9,12,15,17H,10-11,14H2,1-7H3. The zero-order chi connectivity index (χ0) is 28.8. The fourth-order valence-corrected chi connectivity index (χ4v) is 5.21. The second-order valence-corrected chi connectivity index (χ2v) is 11.9. The number of carbonyl (C=O) groups is 1. The van der Waals surface area contributed by atoms with Gasteiger partial charge in [0, 0.05) is 37.3 Å². The van der Waals surface area contributed by atoms with Crippen LogP contribution < -0.4 is 10.5 Å². The van der Waals surface area contributed by atoms with Gasteiger partial charge in [0.25, 0.3) is 5.56 Å². The number of rotatable bonds is 3. The van der Waals surface area contributed by atoms with E-state index >= 15 is 0 Å².